The third-order valence-electron chi connectivity index (χ3n) is 18.3. The van der Waals surface area contributed by atoms with Crippen molar-refractivity contribution in [3.8, 4) is 5.75 Å². The maximum Gasteiger partial charge on any atom is 0.410 e. The maximum absolute atomic E-state index is 14.8. The zero-order valence-electron chi connectivity index (χ0n) is 60.2. The van der Waals surface area contributed by atoms with Crippen molar-refractivity contribution in [2.24, 2.45) is 46.2 Å². The number of oxime groups is 1. The Morgan fingerprint density at radius 2 is 1.40 bits per heavy atom. The van der Waals surface area contributed by atoms with Gasteiger partial charge in [-0.05, 0) is 117 Å². The van der Waals surface area contributed by atoms with Crippen LogP contribution in [0.15, 0.2) is 78.0 Å². The number of anilines is 2. The van der Waals surface area contributed by atoms with Crippen LogP contribution in [-0.4, -0.2) is 187 Å². The van der Waals surface area contributed by atoms with Gasteiger partial charge in [-0.25, -0.2) is 9.59 Å². The molecular weight excluding hydrogens is 1270 g/mol. The highest BCUT2D eigenvalue weighted by Crippen LogP contribution is 2.31. The van der Waals surface area contributed by atoms with Gasteiger partial charge in [0.15, 0.2) is 5.84 Å². The van der Waals surface area contributed by atoms with Crippen LogP contribution in [0.5, 0.6) is 5.75 Å². The molecule has 0 spiro atoms. The van der Waals surface area contributed by atoms with E-state index < -0.39 is 114 Å². The number of aliphatic hydroxyl groups is 1. The molecule has 10 amide bonds. The monoisotopic (exact) mass is 1390 g/mol. The number of nitrogens with one attached hydrogen (secondary N) is 6. The van der Waals surface area contributed by atoms with Gasteiger partial charge in [-0.1, -0.05) is 116 Å². The summed E-state index contributed by atoms with van der Waals surface area (Å²) in [6.07, 6.45) is 0.783. The van der Waals surface area contributed by atoms with Gasteiger partial charge < -0.3 is 88.2 Å². The Bertz CT molecular complexity index is 3140. The number of urea groups is 1. The van der Waals surface area contributed by atoms with Crippen LogP contribution in [0, 0.1) is 29.6 Å². The number of hydrogen-bond acceptors (Lipinski definition) is 17. The van der Waals surface area contributed by atoms with Crippen LogP contribution in [0.1, 0.15) is 156 Å². The number of hydrogen-bond donors (Lipinski definition) is 11. The molecule has 1 aliphatic heterocycles. The molecule has 0 saturated carbocycles. The Kier molecular flexibility index (Phi) is 34.2. The lowest BCUT2D eigenvalue weighted by atomic mass is 9.89. The van der Waals surface area contributed by atoms with E-state index in [-0.39, 0.29) is 74.2 Å². The largest absolute Gasteiger partial charge is 0.494 e. The van der Waals surface area contributed by atoms with E-state index in [4.69, 9.17) is 41.4 Å². The van der Waals surface area contributed by atoms with E-state index in [9.17, 15) is 48.3 Å². The summed E-state index contributed by atoms with van der Waals surface area (Å²) in [5.74, 6) is -4.89. The summed E-state index contributed by atoms with van der Waals surface area (Å²) >= 11 is 0. The number of primary amides is 1. The van der Waals surface area contributed by atoms with Gasteiger partial charge in [0, 0.05) is 64.8 Å². The minimum atomic E-state index is -1.11. The molecule has 99 heavy (non-hydrogen) atoms. The first-order chi connectivity index (χ1) is 46.9. The van der Waals surface area contributed by atoms with E-state index in [0.717, 1.165) is 0 Å². The maximum atomic E-state index is 14.8. The Labute approximate surface area is 583 Å². The van der Waals surface area contributed by atoms with Crippen LogP contribution in [0.2, 0.25) is 0 Å². The SMILES string of the molecule is CC[C@H](C)[C@@H]([C@@H](CC(=O)N1CCC[C@H]1[C@H](OC)[C@@H](C)C(=O)N[C@H](C)[C@@H](O)c1ccccc1)OC)N(C)C(=O)[C@@H](NC(=O)[C@H](C(C)C)N(C)C(=O)OCc1ccc(NC(=O)[C@H](CCCNC(N)=O)NC(=O)[C@@H](NC(=O)CCCCCOc2ccc(N)c(/C(N)=N/O)c2)C(C)C)cc1)C(C)C. The topological polar surface area (TPSA) is 403 Å². The number of amidine groups is 1. The van der Waals surface area contributed by atoms with Gasteiger partial charge in [0.25, 0.3) is 0 Å². The fourth-order valence-corrected chi connectivity index (χ4v) is 12.3. The molecule has 4 rings (SSSR count). The number of ether oxygens (including phenoxy) is 4. The molecule has 0 aliphatic carbocycles. The molecule has 28 nitrogen and oxygen atoms in total. The number of nitrogen functional groups attached to an aromatic ring is 1. The van der Waals surface area contributed by atoms with Crippen LogP contribution >= 0.6 is 0 Å². The summed E-state index contributed by atoms with van der Waals surface area (Å²) in [4.78, 5) is 128. The number of benzene rings is 3. The lowest BCUT2D eigenvalue weighted by molar-refractivity contribution is -0.148. The number of carbonyl (C=O) groups is 9. The van der Waals surface area contributed by atoms with Crippen molar-refractivity contribution in [2.75, 3.05) is 59.1 Å². The predicted octanol–water partition coefficient (Wildman–Crippen LogP) is 5.91. The fraction of sp³-hybridized carbons (Fsp3) is 0.606. The molecule has 12 atom stereocenters. The molecule has 1 aliphatic rings. The first-order valence-corrected chi connectivity index (χ1v) is 34.3. The summed E-state index contributed by atoms with van der Waals surface area (Å²) < 4.78 is 23.6. The molecule has 0 unspecified atom stereocenters. The molecule has 1 saturated heterocycles. The van der Waals surface area contributed by atoms with Gasteiger partial charge in [-0.2, -0.15) is 0 Å². The highest BCUT2D eigenvalue weighted by atomic mass is 16.6. The van der Waals surface area contributed by atoms with Gasteiger partial charge in [-0.3, -0.25) is 38.5 Å². The Hall–Kier alpha value is -8.76. The van der Waals surface area contributed by atoms with Gasteiger partial charge in [-0.15, -0.1) is 0 Å². The molecule has 0 radical (unpaired) electrons. The number of likely N-dealkylation sites (N-methyl/N-ethyl adjacent to an activating group) is 2. The van der Waals surface area contributed by atoms with Crippen LogP contribution in [0.4, 0.5) is 21.0 Å². The highest BCUT2D eigenvalue weighted by Gasteiger charge is 2.44. The number of aliphatic hydroxyl groups excluding tert-OH is 1. The van der Waals surface area contributed by atoms with E-state index in [1.165, 1.54) is 26.2 Å². The lowest BCUT2D eigenvalue weighted by Crippen LogP contribution is -2.60. The summed E-state index contributed by atoms with van der Waals surface area (Å²) in [6.45, 7) is 18.7. The van der Waals surface area contributed by atoms with E-state index in [0.29, 0.717) is 85.5 Å². The smallest absolute Gasteiger partial charge is 0.410 e. The van der Waals surface area contributed by atoms with Crippen LogP contribution in [0.25, 0.3) is 0 Å². The summed E-state index contributed by atoms with van der Waals surface area (Å²) in [6, 6.07) is 13.6. The first kappa shape index (κ1) is 82.7. The quantitative estimate of drug-likeness (QED) is 0.00787. The Balaban J connectivity index is 1.36. The molecule has 14 N–H and O–H groups in total. The standard InChI is InChI=1S/C71H111N13O15/c1-15-44(8)61(55(96-13)39-57(86)84-36-23-27-54(84)63(97-14)45(9)65(88)76-46(10)62(87)48-24-18-16-19-25-48)82(11)69(92)59(42(4)5)80-68(91)60(43(6)7)83(12)71(94)99-40-47-29-31-49(32-30-47)77-66(89)53(26-22-35-75-70(74)93)78-67(90)58(41(2)3)79-56(85)28-20-17-21-37-98-50-33-34-52(72)51(38-50)64(73)81-95/h16,18-19,24-25,29-34,38,41-46,53-55,58-63,87,95H,15,17,20-23,26-28,35-37,39-40,72H2,1-14H3,(H2,73,81)(H,76,88)(H,77,89)(H,78,90)(H,79,85)(H,80,91)(H3,74,75,93)/t44-,45+,46+,53-,54-,55+,58-,59-,60-,61-,62+,63+/m0/s1. The molecule has 3 aromatic rings. The molecule has 0 aromatic heterocycles. The normalized spacial score (nSPS) is 16.5. The van der Waals surface area contributed by atoms with Crippen molar-refractivity contribution >= 4 is 70.7 Å². The summed E-state index contributed by atoms with van der Waals surface area (Å²) in [7, 11) is 6.08. The Morgan fingerprint density at radius 1 is 0.737 bits per heavy atom. The Morgan fingerprint density at radius 3 is 2.00 bits per heavy atom. The molecule has 1 heterocycles. The highest BCUT2D eigenvalue weighted by molar-refractivity contribution is 6.02. The second-order valence-corrected chi connectivity index (χ2v) is 26.7. The number of amides is 10. The van der Waals surface area contributed by atoms with Crippen molar-refractivity contribution in [3.05, 3.63) is 89.5 Å². The second-order valence-electron chi connectivity index (χ2n) is 26.7. The molecule has 0 bridgehead atoms. The minimum absolute atomic E-state index is 0.0887. The van der Waals surface area contributed by atoms with E-state index in [2.05, 4.69) is 37.1 Å². The van der Waals surface area contributed by atoms with Crippen LogP contribution in [0.3, 0.4) is 0 Å². The van der Waals surface area contributed by atoms with E-state index >= 15 is 0 Å². The zero-order chi connectivity index (χ0) is 73.8. The van der Waals surface area contributed by atoms with Crippen LogP contribution < -0.4 is 53.8 Å². The van der Waals surface area contributed by atoms with Crippen LogP contribution in [-0.2, 0) is 54.4 Å². The van der Waals surface area contributed by atoms with Crippen molar-refractivity contribution in [2.45, 2.75) is 201 Å². The number of likely N-dealkylation sites (tertiary alicyclic amines) is 1. The van der Waals surface area contributed by atoms with Gasteiger partial charge in [0.1, 0.15) is 36.5 Å². The van der Waals surface area contributed by atoms with Gasteiger partial charge in [0.2, 0.25) is 41.4 Å². The number of nitrogens with two attached hydrogens (primary N) is 3. The van der Waals surface area contributed by atoms with Gasteiger partial charge >= 0.3 is 12.1 Å². The summed E-state index contributed by atoms with van der Waals surface area (Å²) in [5, 5.41) is 39.7. The number of carbonyl (C=O) groups excluding carboxylic acids is 9. The molecule has 28 heteroatoms. The molecule has 550 valence electrons. The predicted molar refractivity (Wildman–Crippen MR) is 376 cm³/mol. The molecule has 3 aromatic carbocycles. The van der Waals surface area contributed by atoms with E-state index in [1.807, 2.05) is 32.0 Å². The third kappa shape index (κ3) is 24.9. The molecular formula is C71H111N13O15. The lowest BCUT2D eigenvalue weighted by Gasteiger charge is -2.41. The van der Waals surface area contributed by atoms with Gasteiger partial charge in [0.05, 0.1) is 55.4 Å². The summed E-state index contributed by atoms with van der Waals surface area (Å²) in [5.41, 5.74) is 19.1. The zero-order valence-corrected chi connectivity index (χ0v) is 60.2. The number of unbranched alkanes of at least 4 members (excludes halogenated alkanes) is 2. The van der Waals surface area contributed by atoms with Crippen molar-refractivity contribution in [1.82, 2.24) is 41.3 Å². The van der Waals surface area contributed by atoms with Crippen molar-refractivity contribution < 1.29 is 72.4 Å². The first-order valence-electron chi connectivity index (χ1n) is 34.3. The number of rotatable bonds is 40. The average Bonchev–Trinajstić information content (AvgIpc) is 1.80. The minimum Gasteiger partial charge on any atom is -0.494 e. The van der Waals surface area contributed by atoms with E-state index in [1.54, 1.807) is 127 Å². The van der Waals surface area contributed by atoms with Crippen molar-refractivity contribution in [3.63, 3.8) is 0 Å². The molecule has 1 fully saturated rings. The number of methoxy groups -OCH3 is 2. The van der Waals surface area contributed by atoms with Crippen molar-refractivity contribution in [1.29, 1.82) is 0 Å². The third-order valence-corrected chi connectivity index (χ3v) is 18.3. The fourth-order valence-electron chi connectivity index (χ4n) is 12.3. The second kappa shape index (κ2) is 41.0. The average molecular weight is 1390 g/mol. The number of nitrogens with zero attached hydrogens (tertiary/aromatic N) is 4.